The predicted molar refractivity (Wildman–Crippen MR) is 106 cm³/mol. The number of aromatic nitrogens is 2. The van der Waals surface area contributed by atoms with Crippen molar-refractivity contribution in [3.05, 3.63) is 58.1 Å². The van der Waals surface area contributed by atoms with Crippen LogP contribution in [-0.2, 0) is 13.0 Å². The Morgan fingerprint density at radius 1 is 1.21 bits per heavy atom. The number of nitrogens with one attached hydrogen (secondary N) is 1. The van der Waals surface area contributed by atoms with Gasteiger partial charge < -0.3 is 14.8 Å². The van der Waals surface area contributed by atoms with Gasteiger partial charge in [-0.2, -0.15) is 0 Å². The van der Waals surface area contributed by atoms with Gasteiger partial charge in [0, 0.05) is 30.3 Å². The molecule has 1 aromatic heterocycles. The van der Waals surface area contributed by atoms with Gasteiger partial charge >= 0.3 is 0 Å². The summed E-state index contributed by atoms with van der Waals surface area (Å²) >= 11 is 0. The number of ether oxygens (including phenoxy) is 2. The van der Waals surface area contributed by atoms with Crippen LogP contribution in [0.25, 0.3) is 10.9 Å². The van der Waals surface area contributed by atoms with Gasteiger partial charge in [-0.05, 0) is 43.7 Å². The molecule has 0 fully saturated rings. The van der Waals surface area contributed by atoms with E-state index in [0.717, 1.165) is 18.7 Å². The quantitative estimate of drug-likeness (QED) is 0.737. The third kappa shape index (κ3) is 3.19. The zero-order valence-electron chi connectivity index (χ0n) is 15.8. The highest BCUT2D eigenvalue weighted by molar-refractivity contribution is 6.06. The Morgan fingerprint density at radius 2 is 2.07 bits per heavy atom. The lowest BCUT2D eigenvalue weighted by atomic mass is 10.1. The number of nitrogens with zero attached hydrogens (tertiary/aromatic N) is 2. The average Bonchev–Trinajstić information content (AvgIpc) is 3.17. The third-order valence-electron chi connectivity index (χ3n) is 4.80. The van der Waals surface area contributed by atoms with Crippen molar-refractivity contribution in [1.82, 2.24) is 9.55 Å². The summed E-state index contributed by atoms with van der Waals surface area (Å²) in [4.78, 5) is 29.8. The van der Waals surface area contributed by atoms with E-state index in [2.05, 4.69) is 10.3 Å². The topological polar surface area (TPSA) is 82.5 Å². The Labute approximate surface area is 161 Å². The van der Waals surface area contributed by atoms with Crippen LogP contribution >= 0.6 is 0 Å². The number of rotatable bonds is 5. The monoisotopic (exact) mass is 379 g/mol. The lowest BCUT2D eigenvalue weighted by molar-refractivity contribution is 0.102. The predicted octanol–water partition coefficient (Wildman–Crippen LogP) is 3.00. The maximum atomic E-state index is 12.7. The number of benzene rings is 2. The minimum absolute atomic E-state index is 0.0410. The molecule has 3 aromatic rings. The Morgan fingerprint density at radius 3 is 2.86 bits per heavy atom. The zero-order valence-corrected chi connectivity index (χ0v) is 15.8. The van der Waals surface area contributed by atoms with Gasteiger partial charge in [-0.15, -0.1) is 0 Å². The molecule has 1 aliphatic heterocycles. The molecule has 7 nitrogen and oxygen atoms in total. The molecule has 1 aliphatic rings. The summed E-state index contributed by atoms with van der Waals surface area (Å²) in [7, 11) is 1.55. The van der Waals surface area contributed by atoms with Crippen LogP contribution in [0.3, 0.4) is 0 Å². The van der Waals surface area contributed by atoms with E-state index >= 15 is 0 Å². The smallest absolute Gasteiger partial charge is 0.261 e. The Balaban J connectivity index is 1.62. The molecule has 0 unspecified atom stereocenters. The van der Waals surface area contributed by atoms with Crippen LogP contribution in [0.5, 0.6) is 11.5 Å². The molecule has 0 spiro atoms. The first-order valence-corrected chi connectivity index (χ1v) is 9.26. The summed E-state index contributed by atoms with van der Waals surface area (Å²) in [6, 6.07) is 10.2. The molecule has 0 aliphatic carbocycles. The van der Waals surface area contributed by atoms with E-state index in [1.165, 1.54) is 0 Å². The van der Waals surface area contributed by atoms with Crippen molar-refractivity contribution in [1.29, 1.82) is 0 Å². The normalized spacial score (nSPS) is 12.6. The van der Waals surface area contributed by atoms with Gasteiger partial charge in [-0.1, -0.05) is 0 Å². The second-order valence-electron chi connectivity index (χ2n) is 6.57. The molecule has 0 saturated heterocycles. The maximum absolute atomic E-state index is 12.7. The average molecular weight is 379 g/mol. The fourth-order valence-electron chi connectivity index (χ4n) is 3.45. The molecular weight excluding hydrogens is 358 g/mol. The molecule has 0 saturated carbocycles. The number of anilines is 1. The van der Waals surface area contributed by atoms with Crippen molar-refractivity contribution in [3.8, 4) is 11.5 Å². The maximum Gasteiger partial charge on any atom is 0.261 e. The first kappa shape index (κ1) is 18.0. The van der Waals surface area contributed by atoms with Gasteiger partial charge in [0.05, 0.1) is 24.6 Å². The fourth-order valence-corrected chi connectivity index (χ4v) is 3.45. The number of carbonyl (C=O) groups is 1. The van der Waals surface area contributed by atoms with Crippen LogP contribution in [0, 0.1) is 0 Å². The van der Waals surface area contributed by atoms with Crippen LogP contribution in [0.15, 0.2) is 41.2 Å². The lowest BCUT2D eigenvalue weighted by Crippen LogP contribution is -2.21. The zero-order chi connectivity index (χ0) is 19.7. The minimum atomic E-state index is -0.282. The van der Waals surface area contributed by atoms with Gasteiger partial charge in [0.2, 0.25) is 0 Å². The number of carbonyl (C=O) groups excluding carboxylic acids is 1. The molecular formula is C21H21N3O4. The largest absolute Gasteiger partial charge is 0.493 e. The Hall–Kier alpha value is -3.35. The Kier molecular flexibility index (Phi) is 4.73. The standard InChI is InChI=1S/C21H21N3O4/c1-3-28-17-9-7-14(12-18(17)27-2)22-20(25)13-6-8-15-16(11-13)23-19-5-4-10-24(19)21(15)26/h6-9,11-12H,3-5,10H2,1-2H3,(H,22,25). The molecule has 1 N–H and O–H groups in total. The number of amides is 1. The second kappa shape index (κ2) is 7.34. The van der Waals surface area contributed by atoms with Crippen LogP contribution in [0.2, 0.25) is 0 Å². The van der Waals surface area contributed by atoms with Crippen LogP contribution in [0.4, 0.5) is 5.69 Å². The highest BCUT2D eigenvalue weighted by atomic mass is 16.5. The summed E-state index contributed by atoms with van der Waals surface area (Å²) in [6.07, 6.45) is 1.71. The van der Waals surface area contributed by atoms with Crippen molar-refractivity contribution < 1.29 is 14.3 Å². The highest BCUT2D eigenvalue weighted by Crippen LogP contribution is 2.30. The van der Waals surface area contributed by atoms with Crippen LogP contribution in [-0.4, -0.2) is 29.2 Å². The number of hydrogen-bond donors (Lipinski definition) is 1. The SMILES string of the molecule is CCOc1ccc(NC(=O)c2ccc3c(=O)n4c(nc3c2)CCC4)cc1OC. The molecule has 2 aromatic carbocycles. The number of aryl methyl sites for hydroxylation is 1. The van der Waals surface area contributed by atoms with E-state index in [1.54, 1.807) is 48.1 Å². The fraction of sp³-hybridized carbons (Fsp3) is 0.286. The van der Waals surface area contributed by atoms with E-state index in [1.807, 2.05) is 6.92 Å². The Bertz CT molecular complexity index is 1120. The highest BCUT2D eigenvalue weighted by Gasteiger charge is 2.17. The van der Waals surface area contributed by atoms with Crippen molar-refractivity contribution in [3.63, 3.8) is 0 Å². The van der Waals surface area contributed by atoms with Gasteiger partial charge in [-0.25, -0.2) is 4.98 Å². The summed E-state index contributed by atoms with van der Waals surface area (Å²) in [5, 5.41) is 3.38. The molecule has 0 bridgehead atoms. The van der Waals surface area contributed by atoms with Crippen molar-refractivity contribution >= 4 is 22.5 Å². The number of methoxy groups -OCH3 is 1. The molecule has 0 radical (unpaired) electrons. The third-order valence-corrected chi connectivity index (χ3v) is 4.80. The van der Waals surface area contributed by atoms with Crippen molar-refractivity contribution in [2.45, 2.75) is 26.3 Å². The molecule has 1 amide bonds. The molecule has 28 heavy (non-hydrogen) atoms. The van der Waals surface area contributed by atoms with E-state index in [4.69, 9.17) is 9.47 Å². The first-order valence-electron chi connectivity index (χ1n) is 9.26. The second-order valence-corrected chi connectivity index (χ2v) is 6.57. The van der Waals surface area contributed by atoms with E-state index in [9.17, 15) is 9.59 Å². The molecule has 7 heteroatoms. The lowest BCUT2D eigenvalue weighted by Gasteiger charge is -2.12. The van der Waals surface area contributed by atoms with Crippen LogP contribution < -0.4 is 20.3 Å². The van der Waals surface area contributed by atoms with E-state index in [-0.39, 0.29) is 11.5 Å². The molecule has 2 heterocycles. The summed E-state index contributed by atoms with van der Waals surface area (Å²) in [5.41, 5.74) is 1.54. The molecule has 144 valence electrons. The summed E-state index contributed by atoms with van der Waals surface area (Å²) in [6.45, 7) is 3.12. The summed E-state index contributed by atoms with van der Waals surface area (Å²) < 4.78 is 12.5. The van der Waals surface area contributed by atoms with E-state index < -0.39 is 0 Å². The number of hydrogen-bond acceptors (Lipinski definition) is 5. The summed E-state index contributed by atoms with van der Waals surface area (Å²) in [5.74, 6) is 1.66. The van der Waals surface area contributed by atoms with Gasteiger partial charge in [0.25, 0.3) is 11.5 Å². The van der Waals surface area contributed by atoms with Crippen molar-refractivity contribution in [2.75, 3.05) is 19.0 Å². The minimum Gasteiger partial charge on any atom is -0.493 e. The van der Waals surface area contributed by atoms with Crippen LogP contribution in [0.1, 0.15) is 29.5 Å². The molecule has 0 atom stereocenters. The van der Waals surface area contributed by atoms with Gasteiger partial charge in [0.15, 0.2) is 11.5 Å². The number of fused-ring (bicyclic) bond motifs is 2. The van der Waals surface area contributed by atoms with Gasteiger partial charge in [-0.3, -0.25) is 14.2 Å². The van der Waals surface area contributed by atoms with Crippen molar-refractivity contribution in [2.24, 2.45) is 0 Å². The van der Waals surface area contributed by atoms with E-state index in [0.29, 0.717) is 46.8 Å². The van der Waals surface area contributed by atoms with Gasteiger partial charge in [0.1, 0.15) is 5.82 Å². The molecule has 4 rings (SSSR count). The first-order chi connectivity index (χ1) is 13.6.